The topological polar surface area (TPSA) is 202 Å². The lowest BCUT2D eigenvalue weighted by Crippen LogP contribution is -1.99. The zero-order chi connectivity index (χ0) is 4.99. The summed E-state index contributed by atoms with van der Waals surface area (Å²) < 4.78 is 0. The fourth-order valence-corrected chi connectivity index (χ4v) is 0.0167. The molecule has 0 bridgehead atoms. The van der Waals surface area contributed by atoms with Crippen molar-refractivity contribution in [1.29, 1.82) is 0 Å². The fraction of sp³-hybridized carbons (Fsp3) is 0. The number of hydrogen-bond donors (Lipinski definition) is 2. The van der Waals surface area contributed by atoms with Crippen molar-refractivity contribution in [3.05, 3.63) is 0 Å². The van der Waals surface area contributed by atoms with E-state index in [1.165, 1.54) is 0 Å². The summed E-state index contributed by atoms with van der Waals surface area (Å²) in [5.74, 6) is 0. The molecule has 9 nitrogen and oxygen atoms in total. The Morgan fingerprint density at radius 2 is 1.10 bits per heavy atom. The Balaban J connectivity index is -0.0000000208. The summed E-state index contributed by atoms with van der Waals surface area (Å²) >= 11 is 0. The molecular weight excluding hydrogens is 156 g/mol. The normalized spacial score (nSPS) is 4.20. The molecule has 0 aromatic rings. The second-order valence-electron chi connectivity index (χ2n) is 0.433. The molecule has 0 heterocycles. The molecule has 0 saturated carbocycles. The van der Waals surface area contributed by atoms with Crippen molar-refractivity contribution < 1.29 is 47.0 Å². The molecule has 0 aromatic carbocycles. The number of rotatable bonds is 0. The van der Waals surface area contributed by atoms with E-state index in [0.717, 1.165) is 0 Å². The van der Waals surface area contributed by atoms with Crippen LogP contribution < -0.4 is 0 Å². The molecule has 0 radical (unpaired) electrons. The maximum Gasteiger partial charge on any atom is 0.572 e. The number of hydrogen-bond acceptors (Lipinski definition) is 5. The summed E-state index contributed by atoms with van der Waals surface area (Å²) in [6.45, 7) is 0. The maximum absolute atomic E-state index is 9.24. The van der Waals surface area contributed by atoms with Crippen LogP contribution in [0.5, 0.6) is 0 Å². The second kappa shape index (κ2) is 24.4. The van der Waals surface area contributed by atoms with Gasteiger partial charge in [-0.1, -0.05) is 0 Å². The first-order valence-corrected chi connectivity index (χ1v) is 0.978. The smallest absolute Gasteiger partial charge is 0.412 e. The van der Waals surface area contributed by atoms with Crippen LogP contribution in [0.15, 0.2) is 0 Å². The summed E-state index contributed by atoms with van der Waals surface area (Å²) in [5, 5.41) is 14.4. The molecule has 68 valence electrons. The first kappa shape index (κ1) is 35.9. The molecular formula is CH10O9. The van der Waals surface area contributed by atoms with E-state index >= 15 is 0 Å². The van der Waals surface area contributed by atoms with E-state index in [-0.39, 0.29) is 21.9 Å². The van der Waals surface area contributed by atoms with Crippen molar-refractivity contribution in [1.82, 2.24) is 0 Å². The van der Waals surface area contributed by atoms with Gasteiger partial charge in [0.2, 0.25) is 0 Å². The Bertz CT molecular complexity index is 42.7. The van der Waals surface area contributed by atoms with E-state index in [2.05, 4.69) is 9.78 Å². The highest BCUT2D eigenvalue weighted by atomic mass is 17.2. The minimum Gasteiger partial charge on any atom is -0.412 e. The van der Waals surface area contributed by atoms with Crippen molar-refractivity contribution in [2.75, 3.05) is 0 Å². The van der Waals surface area contributed by atoms with Gasteiger partial charge in [0.05, 0.1) is 0 Å². The molecule has 10 N–H and O–H groups in total. The Hall–Kier alpha value is -0.970. The van der Waals surface area contributed by atoms with Crippen LogP contribution in [-0.2, 0) is 9.78 Å². The van der Waals surface area contributed by atoms with Crippen molar-refractivity contribution >= 4 is 6.16 Å². The first-order valence-electron chi connectivity index (χ1n) is 0.978. The zero-order valence-corrected chi connectivity index (χ0v) is 4.62. The van der Waals surface area contributed by atoms with Gasteiger partial charge in [-0.05, 0) is 0 Å². The van der Waals surface area contributed by atoms with Gasteiger partial charge in [0.1, 0.15) is 0 Å². The summed E-state index contributed by atoms with van der Waals surface area (Å²) in [6, 6.07) is 0. The monoisotopic (exact) mass is 166 g/mol. The third-order valence-electron chi connectivity index (χ3n) is 0.149. The summed E-state index contributed by atoms with van der Waals surface area (Å²) in [7, 11) is 0. The summed E-state index contributed by atoms with van der Waals surface area (Å²) in [4.78, 5) is 14.8. The number of carbonyl (C=O) groups excluding carboxylic acids is 1. The highest BCUT2D eigenvalue weighted by Gasteiger charge is 1.95. The summed E-state index contributed by atoms with van der Waals surface area (Å²) in [5.41, 5.74) is 0. The minimum absolute atomic E-state index is 0. The predicted molar refractivity (Wildman–Crippen MR) is 27.3 cm³/mol. The lowest BCUT2D eigenvalue weighted by Gasteiger charge is -1.83. The summed E-state index contributed by atoms with van der Waals surface area (Å²) in [6.07, 6.45) is -1.55. The van der Waals surface area contributed by atoms with Gasteiger partial charge >= 0.3 is 6.16 Å². The molecule has 0 amide bonds. The van der Waals surface area contributed by atoms with Gasteiger partial charge in [0.15, 0.2) is 0 Å². The molecule has 0 saturated heterocycles. The highest BCUT2D eigenvalue weighted by Crippen LogP contribution is 1.71. The van der Waals surface area contributed by atoms with E-state index < -0.39 is 6.16 Å². The van der Waals surface area contributed by atoms with Gasteiger partial charge in [-0.25, -0.2) is 0 Å². The molecule has 10 heavy (non-hydrogen) atoms. The molecule has 0 aliphatic rings. The SMILES string of the molecule is O.O.O.O.O=C(OO)OO. The van der Waals surface area contributed by atoms with Crippen LogP contribution in [0, 0.1) is 0 Å². The molecule has 0 atom stereocenters. The molecule has 0 aliphatic heterocycles. The molecule has 0 fully saturated rings. The van der Waals surface area contributed by atoms with Gasteiger partial charge < -0.3 is 21.9 Å². The van der Waals surface area contributed by atoms with Crippen LogP contribution in [0.1, 0.15) is 0 Å². The van der Waals surface area contributed by atoms with E-state index in [1.807, 2.05) is 0 Å². The average Bonchev–Trinajstić information content (AvgIpc) is 1.65. The Kier molecular flexibility index (Phi) is 87.6. The second-order valence-corrected chi connectivity index (χ2v) is 0.433. The van der Waals surface area contributed by atoms with Gasteiger partial charge in [0.25, 0.3) is 0 Å². The minimum atomic E-state index is -1.55. The predicted octanol–water partition coefficient (Wildman–Crippen LogP) is -3.21. The van der Waals surface area contributed by atoms with Gasteiger partial charge in [0, 0.05) is 0 Å². The van der Waals surface area contributed by atoms with Crippen LogP contribution in [0.3, 0.4) is 0 Å². The number of carbonyl (C=O) groups is 1. The zero-order valence-electron chi connectivity index (χ0n) is 4.62. The molecule has 0 aliphatic carbocycles. The van der Waals surface area contributed by atoms with Crippen LogP contribution in [0.2, 0.25) is 0 Å². The highest BCUT2D eigenvalue weighted by molar-refractivity contribution is 5.57. The fourth-order valence-electron chi connectivity index (χ4n) is 0.0167. The average molecular weight is 166 g/mol. The van der Waals surface area contributed by atoms with Crippen molar-refractivity contribution in [3.63, 3.8) is 0 Å². The van der Waals surface area contributed by atoms with Crippen molar-refractivity contribution in [2.24, 2.45) is 0 Å². The quantitative estimate of drug-likeness (QED) is 0.280. The molecule has 0 aromatic heterocycles. The van der Waals surface area contributed by atoms with Crippen molar-refractivity contribution in [2.45, 2.75) is 0 Å². The third kappa shape index (κ3) is 27.8. The Morgan fingerprint density at radius 1 is 0.900 bits per heavy atom. The van der Waals surface area contributed by atoms with Crippen LogP contribution in [0.25, 0.3) is 0 Å². The largest absolute Gasteiger partial charge is 0.572 e. The van der Waals surface area contributed by atoms with Gasteiger partial charge in [-0.3, -0.25) is 9.78 Å². The molecule has 0 rings (SSSR count). The van der Waals surface area contributed by atoms with Gasteiger partial charge in [-0.15, -0.1) is 0 Å². The van der Waals surface area contributed by atoms with Gasteiger partial charge in [-0.2, -0.15) is 15.3 Å². The Morgan fingerprint density at radius 3 is 1.10 bits per heavy atom. The lowest BCUT2D eigenvalue weighted by atomic mass is 11.4. The molecule has 0 unspecified atom stereocenters. The van der Waals surface area contributed by atoms with E-state index in [1.54, 1.807) is 0 Å². The lowest BCUT2D eigenvalue weighted by molar-refractivity contribution is -0.270. The maximum atomic E-state index is 9.24. The van der Waals surface area contributed by atoms with Crippen LogP contribution in [-0.4, -0.2) is 38.6 Å². The molecule has 9 heteroatoms. The van der Waals surface area contributed by atoms with E-state index in [0.29, 0.717) is 0 Å². The third-order valence-corrected chi connectivity index (χ3v) is 0.149. The van der Waals surface area contributed by atoms with Crippen molar-refractivity contribution in [3.8, 4) is 0 Å². The van der Waals surface area contributed by atoms with E-state index in [4.69, 9.17) is 10.5 Å². The molecule has 0 spiro atoms. The van der Waals surface area contributed by atoms with E-state index in [9.17, 15) is 4.79 Å². The standard InChI is InChI=1S/CH2O5.4H2O/c2-1(5-3)6-4;;;;/h3-4H;4*1H2. The van der Waals surface area contributed by atoms with Crippen LogP contribution >= 0.6 is 0 Å². The first-order chi connectivity index (χ1) is 2.81. The Labute approximate surface area is 54.5 Å². The van der Waals surface area contributed by atoms with Crippen LogP contribution in [0.4, 0.5) is 4.79 Å².